The van der Waals surface area contributed by atoms with Crippen LogP contribution < -0.4 is 5.32 Å². The van der Waals surface area contributed by atoms with E-state index < -0.39 is 0 Å². The number of carbonyl (C=O) groups is 1. The minimum absolute atomic E-state index is 0.0281. The van der Waals surface area contributed by atoms with Gasteiger partial charge in [0.1, 0.15) is 11.0 Å². The normalized spacial score (nSPS) is 14.0. The van der Waals surface area contributed by atoms with Crippen molar-refractivity contribution < 1.29 is 4.79 Å². The van der Waals surface area contributed by atoms with Gasteiger partial charge in [-0.25, -0.2) is 9.97 Å². The number of para-hydroxylation sites is 1. The van der Waals surface area contributed by atoms with E-state index in [0.717, 1.165) is 34.3 Å². The van der Waals surface area contributed by atoms with E-state index in [1.807, 2.05) is 53.9 Å². The fraction of sp³-hybridized carbons (Fsp3) is 0.240. The van der Waals surface area contributed by atoms with Crippen LogP contribution in [0.1, 0.15) is 40.8 Å². The largest absolute Gasteiger partial charge is 0.342 e. The highest BCUT2D eigenvalue weighted by Gasteiger charge is 2.23. The molecule has 5 rings (SSSR count). The summed E-state index contributed by atoms with van der Waals surface area (Å²) in [5.41, 5.74) is 4.60. The molecule has 2 aromatic carbocycles. The van der Waals surface area contributed by atoms with Crippen molar-refractivity contribution in [3.8, 4) is 5.69 Å². The SMILES string of the molecule is O=C(CSc1nc2c(n1-c1ccccc1)CCCC2)NC(c1ccccc1)c1nccs1. The number of hydrogen-bond acceptors (Lipinski definition) is 5. The van der Waals surface area contributed by atoms with Crippen molar-refractivity contribution in [2.75, 3.05) is 5.75 Å². The molecule has 1 amide bonds. The number of amides is 1. The standard InChI is InChI=1S/C25H24N4OS2/c30-22(28-23(24-26-15-16-31-24)18-9-3-1-4-10-18)17-32-25-27-20-13-7-8-14-21(20)29(25)19-11-5-2-6-12-19/h1-6,9-12,15-16,23H,7-8,13-14,17H2,(H,28,30). The zero-order chi connectivity index (χ0) is 21.8. The van der Waals surface area contributed by atoms with Gasteiger partial charge in [-0.15, -0.1) is 11.3 Å². The highest BCUT2D eigenvalue weighted by atomic mass is 32.2. The number of rotatable bonds is 7. The molecule has 0 saturated heterocycles. The second-order valence-electron chi connectivity index (χ2n) is 7.74. The Hall–Kier alpha value is -2.90. The Bertz CT molecular complexity index is 1170. The third-order valence-electron chi connectivity index (χ3n) is 5.59. The Balaban J connectivity index is 1.35. The maximum atomic E-state index is 13.0. The molecule has 2 aromatic heterocycles. The van der Waals surface area contributed by atoms with Crippen LogP contribution in [0.3, 0.4) is 0 Å². The number of fused-ring (bicyclic) bond motifs is 1. The Labute approximate surface area is 195 Å². The molecule has 1 unspecified atom stereocenters. The minimum Gasteiger partial charge on any atom is -0.342 e. The van der Waals surface area contributed by atoms with E-state index in [0.29, 0.717) is 5.75 Å². The maximum Gasteiger partial charge on any atom is 0.231 e. The summed E-state index contributed by atoms with van der Waals surface area (Å²) in [4.78, 5) is 22.4. The number of thioether (sulfide) groups is 1. The van der Waals surface area contributed by atoms with Crippen LogP contribution in [0.15, 0.2) is 77.4 Å². The highest BCUT2D eigenvalue weighted by molar-refractivity contribution is 7.99. The summed E-state index contributed by atoms with van der Waals surface area (Å²) in [7, 11) is 0. The predicted molar refractivity (Wildman–Crippen MR) is 129 cm³/mol. The van der Waals surface area contributed by atoms with E-state index >= 15 is 0 Å². The fourth-order valence-electron chi connectivity index (χ4n) is 4.10. The molecule has 0 saturated carbocycles. The van der Waals surface area contributed by atoms with Gasteiger partial charge in [-0.05, 0) is 43.4 Å². The lowest BCUT2D eigenvalue weighted by Gasteiger charge is -2.17. The number of imidazole rings is 1. The monoisotopic (exact) mass is 460 g/mol. The zero-order valence-corrected chi connectivity index (χ0v) is 19.2. The smallest absolute Gasteiger partial charge is 0.231 e. The van der Waals surface area contributed by atoms with E-state index in [9.17, 15) is 4.79 Å². The van der Waals surface area contributed by atoms with Crippen LogP contribution in [0.2, 0.25) is 0 Å². The fourth-order valence-corrected chi connectivity index (χ4v) is 5.68. The van der Waals surface area contributed by atoms with Gasteiger partial charge in [-0.1, -0.05) is 60.3 Å². The summed E-state index contributed by atoms with van der Waals surface area (Å²) in [6.45, 7) is 0. The maximum absolute atomic E-state index is 13.0. The van der Waals surface area contributed by atoms with Gasteiger partial charge in [0.05, 0.1) is 11.4 Å². The number of thiazole rings is 1. The van der Waals surface area contributed by atoms with Crippen molar-refractivity contribution >= 4 is 29.0 Å². The quantitative estimate of drug-likeness (QED) is 0.385. The van der Waals surface area contributed by atoms with Gasteiger partial charge in [0, 0.05) is 23.0 Å². The Kier molecular flexibility index (Phi) is 6.36. The second kappa shape index (κ2) is 9.71. The van der Waals surface area contributed by atoms with Gasteiger partial charge < -0.3 is 5.32 Å². The van der Waals surface area contributed by atoms with Crippen molar-refractivity contribution in [2.24, 2.45) is 0 Å². The summed E-state index contributed by atoms with van der Waals surface area (Å²) in [6, 6.07) is 20.1. The molecule has 0 aliphatic heterocycles. The van der Waals surface area contributed by atoms with Crippen molar-refractivity contribution in [1.29, 1.82) is 0 Å². The average molecular weight is 461 g/mol. The summed E-state index contributed by atoms with van der Waals surface area (Å²) in [5.74, 6) is 0.275. The molecule has 1 aliphatic carbocycles. The van der Waals surface area contributed by atoms with Gasteiger partial charge >= 0.3 is 0 Å². The first kappa shape index (κ1) is 21.0. The molecule has 5 nitrogen and oxygen atoms in total. The molecular weight excluding hydrogens is 436 g/mol. The molecule has 162 valence electrons. The topological polar surface area (TPSA) is 59.8 Å². The third-order valence-corrected chi connectivity index (χ3v) is 7.36. The van der Waals surface area contributed by atoms with Crippen molar-refractivity contribution in [3.05, 3.63) is 94.2 Å². The number of carbonyl (C=O) groups excluding carboxylic acids is 1. The van der Waals surface area contributed by atoms with Crippen LogP contribution in [-0.4, -0.2) is 26.2 Å². The number of aromatic nitrogens is 3. The van der Waals surface area contributed by atoms with E-state index in [4.69, 9.17) is 4.98 Å². The molecule has 0 bridgehead atoms. The molecule has 4 aromatic rings. The van der Waals surface area contributed by atoms with Crippen molar-refractivity contribution in [1.82, 2.24) is 19.9 Å². The average Bonchev–Trinajstić information content (AvgIpc) is 3.50. The highest BCUT2D eigenvalue weighted by Crippen LogP contribution is 2.31. The number of nitrogens with zero attached hydrogens (tertiary/aromatic N) is 3. The van der Waals surface area contributed by atoms with Crippen LogP contribution in [0.5, 0.6) is 0 Å². The van der Waals surface area contributed by atoms with Crippen LogP contribution in [0.25, 0.3) is 5.69 Å². The summed E-state index contributed by atoms with van der Waals surface area (Å²) in [5, 5.41) is 6.89. The lowest BCUT2D eigenvalue weighted by atomic mass is 10.0. The first-order valence-corrected chi connectivity index (χ1v) is 12.7. The van der Waals surface area contributed by atoms with Gasteiger partial charge in [0.25, 0.3) is 0 Å². The molecule has 0 spiro atoms. The molecule has 0 fully saturated rings. The number of aryl methyl sites for hydroxylation is 1. The molecule has 32 heavy (non-hydrogen) atoms. The molecular formula is C25H24N4OS2. The summed E-state index contributed by atoms with van der Waals surface area (Å²) in [6.07, 6.45) is 6.18. The molecule has 7 heteroatoms. The van der Waals surface area contributed by atoms with Gasteiger partial charge in [-0.2, -0.15) is 0 Å². The number of benzene rings is 2. The van der Waals surface area contributed by atoms with E-state index in [1.165, 1.54) is 36.0 Å². The molecule has 1 N–H and O–H groups in total. The third kappa shape index (κ3) is 4.49. The van der Waals surface area contributed by atoms with E-state index in [1.54, 1.807) is 17.5 Å². The number of nitrogens with one attached hydrogen (secondary N) is 1. The Morgan fingerprint density at radius 3 is 2.56 bits per heavy atom. The second-order valence-corrected chi connectivity index (χ2v) is 9.60. The lowest BCUT2D eigenvalue weighted by molar-refractivity contribution is -0.119. The summed E-state index contributed by atoms with van der Waals surface area (Å²) >= 11 is 3.05. The van der Waals surface area contributed by atoms with Crippen LogP contribution in [-0.2, 0) is 17.6 Å². The van der Waals surface area contributed by atoms with Crippen molar-refractivity contribution in [2.45, 2.75) is 36.9 Å². The molecule has 2 heterocycles. The first-order chi connectivity index (χ1) is 15.8. The van der Waals surface area contributed by atoms with E-state index in [-0.39, 0.29) is 11.9 Å². The molecule has 1 atom stereocenters. The van der Waals surface area contributed by atoms with Gasteiger partial charge in [-0.3, -0.25) is 9.36 Å². The lowest BCUT2D eigenvalue weighted by Crippen LogP contribution is -2.30. The molecule has 0 radical (unpaired) electrons. The zero-order valence-electron chi connectivity index (χ0n) is 17.6. The molecule has 1 aliphatic rings. The van der Waals surface area contributed by atoms with Gasteiger partial charge in [0.15, 0.2) is 5.16 Å². The Morgan fingerprint density at radius 2 is 1.81 bits per heavy atom. The first-order valence-electron chi connectivity index (χ1n) is 10.8. The minimum atomic E-state index is -0.244. The van der Waals surface area contributed by atoms with Crippen LogP contribution >= 0.6 is 23.1 Å². The van der Waals surface area contributed by atoms with Gasteiger partial charge in [0.2, 0.25) is 5.91 Å². The van der Waals surface area contributed by atoms with Crippen LogP contribution in [0, 0.1) is 0 Å². The Morgan fingerprint density at radius 1 is 1.06 bits per heavy atom. The summed E-state index contributed by atoms with van der Waals surface area (Å²) < 4.78 is 2.24. The van der Waals surface area contributed by atoms with E-state index in [2.05, 4.69) is 27.0 Å². The van der Waals surface area contributed by atoms with Crippen molar-refractivity contribution in [3.63, 3.8) is 0 Å². The number of hydrogen-bond donors (Lipinski definition) is 1. The predicted octanol–water partition coefficient (Wildman–Crippen LogP) is 5.21. The van der Waals surface area contributed by atoms with Crippen LogP contribution in [0.4, 0.5) is 0 Å².